The predicted molar refractivity (Wildman–Crippen MR) is 45.7 cm³/mol. The molecule has 70 valence electrons. The van der Waals surface area contributed by atoms with Gasteiger partial charge >= 0.3 is 0 Å². The lowest BCUT2D eigenvalue weighted by Gasteiger charge is -2.38. The molecule has 0 saturated carbocycles. The van der Waals surface area contributed by atoms with Crippen LogP contribution in [0.4, 0.5) is 0 Å². The Morgan fingerprint density at radius 1 is 1.58 bits per heavy atom. The van der Waals surface area contributed by atoms with E-state index in [2.05, 4.69) is 0 Å². The van der Waals surface area contributed by atoms with Gasteiger partial charge in [0.25, 0.3) is 0 Å². The van der Waals surface area contributed by atoms with Gasteiger partial charge in [-0.3, -0.25) is 9.69 Å². The molecule has 1 saturated heterocycles. The minimum atomic E-state index is 0.131. The van der Waals surface area contributed by atoms with E-state index in [4.69, 9.17) is 5.11 Å². The third kappa shape index (κ3) is 2.19. The summed E-state index contributed by atoms with van der Waals surface area (Å²) < 4.78 is 0. The largest absolute Gasteiger partial charge is 0.396 e. The van der Waals surface area contributed by atoms with Gasteiger partial charge in [0.05, 0.1) is 6.54 Å². The van der Waals surface area contributed by atoms with Crippen LogP contribution in [-0.2, 0) is 4.79 Å². The second-order valence-corrected chi connectivity index (χ2v) is 3.53. The normalized spacial score (nSPS) is 18.9. The molecule has 0 spiro atoms. The Balaban J connectivity index is 2.14. The SMILES string of the molecule is CN(C)C(=O)CN1CC(CO)C1. The Hall–Kier alpha value is -0.610. The number of hydrogen-bond donors (Lipinski definition) is 1. The highest BCUT2D eigenvalue weighted by Crippen LogP contribution is 2.13. The second kappa shape index (κ2) is 3.87. The predicted octanol–water partition coefficient (Wildman–Crippen LogP) is -1.00. The van der Waals surface area contributed by atoms with E-state index in [-0.39, 0.29) is 12.5 Å². The van der Waals surface area contributed by atoms with Gasteiger partial charge in [-0.05, 0) is 0 Å². The van der Waals surface area contributed by atoms with E-state index in [9.17, 15) is 4.79 Å². The number of aliphatic hydroxyl groups is 1. The van der Waals surface area contributed by atoms with Gasteiger partial charge in [0.2, 0.25) is 5.91 Å². The third-order valence-electron chi connectivity index (χ3n) is 2.15. The van der Waals surface area contributed by atoms with Crippen molar-refractivity contribution in [3.8, 4) is 0 Å². The molecule has 4 heteroatoms. The lowest BCUT2D eigenvalue weighted by atomic mass is 10.0. The Morgan fingerprint density at radius 3 is 2.58 bits per heavy atom. The molecule has 0 bridgehead atoms. The average molecular weight is 172 g/mol. The molecule has 0 aromatic carbocycles. The van der Waals surface area contributed by atoms with Gasteiger partial charge in [0, 0.05) is 39.7 Å². The van der Waals surface area contributed by atoms with Crippen LogP contribution in [-0.4, -0.2) is 61.2 Å². The zero-order valence-electron chi connectivity index (χ0n) is 7.66. The molecular formula is C8H16N2O2. The average Bonchev–Trinajstić information content (AvgIpc) is 1.94. The summed E-state index contributed by atoms with van der Waals surface area (Å²) >= 11 is 0. The van der Waals surface area contributed by atoms with Gasteiger partial charge in [0.1, 0.15) is 0 Å². The van der Waals surface area contributed by atoms with Crippen molar-refractivity contribution in [3.05, 3.63) is 0 Å². The fourth-order valence-electron chi connectivity index (χ4n) is 1.25. The molecule has 0 atom stereocenters. The van der Waals surface area contributed by atoms with Crippen molar-refractivity contribution in [2.24, 2.45) is 5.92 Å². The standard InChI is InChI=1S/C8H16N2O2/c1-9(2)8(12)5-10-3-7(4-10)6-11/h7,11H,3-6H2,1-2H3. The molecule has 0 unspecified atom stereocenters. The summed E-state index contributed by atoms with van der Waals surface area (Å²) in [5.41, 5.74) is 0. The molecule has 0 aliphatic carbocycles. The summed E-state index contributed by atoms with van der Waals surface area (Å²) in [7, 11) is 3.51. The van der Waals surface area contributed by atoms with Crippen LogP contribution in [0.15, 0.2) is 0 Å². The van der Waals surface area contributed by atoms with Crippen LogP contribution in [0.25, 0.3) is 0 Å². The van der Waals surface area contributed by atoms with Crippen molar-refractivity contribution in [2.75, 3.05) is 40.3 Å². The Labute approximate surface area is 72.8 Å². The molecule has 1 amide bonds. The first-order valence-electron chi connectivity index (χ1n) is 4.17. The highest BCUT2D eigenvalue weighted by molar-refractivity contribution is 5.77. The number of rotatable bonds is 3. The number of aliphatic hydroxyl groups excluding tert-OH is 1. The van der Waals surface area contributed by atoms with Gasteiger partial charge < -0.3 is 10.0 Å². The van der Waals surface area contributed by atoms with Gasteiger partial charge in [-0.2, -0.15) is 0 Å². The fourth-order valence-corrected chi connectivity index (χ4v) is 1.25. The molecule has 1 N–H and O–H groups in total. The van der Waals surface area contributed by atoms with E-state index in [0.29, 0.717) is 12.5 Å². The van der Waals surface area contributed by atoms with Crippen LogP contribution in [0.1, 0.15) is 0 Å². The summed E-state index contributed by atoms with van der Waals surface area (Å²) in [4.78, 5) is 14.8. The third-order valence-corrected chi connectivity index (χ3v) is 2.15. The van der Waals surface area contributed by atoms with Crippen molar-refractivity contribution in [3.63, 3.8) is 0 Å². The minimum absolute atomic E-state index is 0.131. The van der Waals surface area contributed by atoms with Crippen LogP contribution in [0, 0.1) is 5.92 Å². The van der Waals surface area contributed by atoms with Crippen LogP contribution in [0.5, 0.6) is 0 Å². The summed E-state index contributed by atoms with van der Waals surface area (Å²) in [5, 5.41) is 8.73. The van der Waals surface area contributed by atoms with E-state index in [1.165, 1.54) is 0 Å². The van der Waals surface area contributed by atoms with E-state index in [1.54, 1.807) is 19.0 Å². The lowest BCUT2D eigenvalue weighted by molar-refractivity contribution is -0.131. The number of likely N-dealkylation sites (N-methyl/N-ethyl adjacent to an activating group) is 1. The molecule has 0 aromatic heterocycles. The molecule has 1 rings (SSSR count). The summed E-state index contributed by atoms with van der Waals surface area (Å²) in [6.07, 6.45) is 0. The quantitative estimate of drug-likeness (QED) is 0.594. The lowest BCUT2D eigenvalue weighted by Crippen LogP contribution is -2.51. The maximum absolute atomic E-state index is 11.2. The van der Waals surface area contributed by atoms with E-state index >= 15 is 0 Å². The van der Waals surface area contributed by atoms with Crippen molar-refractivity contribution < 1.29 is 9.90 Å². The van der Waals surface area contributed by atoms with E-state index < -0.39 is 0 Å². The summed E-state index contributed by atoms with van der Waals surface area (Å²) in [5.74, 6) is 0.520. The molecule has 1 heterocycles. The van der Waals surface area contributed by atoms with Crippen molar-refractivity contribution in [1.29, 1.82) is 0 Å². The number of nitrogens with zero attached hydrogens (tertiary/aromatic N) is 2. The van der Waals surface area contributed by atoms with Crippen molar-refractivity contribution in [2.45, 2.75) is 0 Å². The highest BCUT2D eigenvalue weighted by atomic mass is 16.3. The van der Waals surface area contributed by atoms with Crippen molar-refractivity contribution in [1.82, 2.24) is 9.80 Å². The topological polar surface area (TPSA) is 43.8 Å². The molecule has 4 nitrogen and oxygen atoms in total. The van der Waals surface area contributed by atoms with Crippen LogP contribution in [0.3, 0.4) is 0 Å². The Kier molecular flexibility index (Phi) is 3.05. The van der Waals surface area contributed by atoms with Crippen LogP contribution < -0.4 is 0 Å². The first-order chi connectivity index (χ1) is 5.63. The fraction of sp³-hybridized carbons (Fsp3) is 0.875. The first kappa shape index (κ1) is 9.48. The van der Waals surface area contributed by atoms with Crippen LogP contribution in [0.2, 0.25) is 0 Å². The van der Waals surface area contributed by atoms with Gasteiger partial charge in [-0.1, -0.05) is 0 Å². The molecule has 0 aromatic rings. The number of carbonyl (C=O) groups is 1. The Morgan fingerprint density at radius 2 is 2.17 bits per heavy atom. The number of hydrogen-bond acceptors (Lipinski definition) is 3. The van der Waals surface area contributed by atoms with Gasteiger partial charge in [-0.25, -0.2) is 0 Å². The van der Waals surface area contributed by atoms with E-state index in [0.717, 1.165) is 13.1 Å². The monoisotopic (exact) mass is 172 g/mol. The summed E-state index contributed by atoms with van der Waals surface area (Å²) in [6.45, 7) is 2.45. The van der Waals surface area contributed by atoms with Crippen LogP contribution >= 0.6 is 0 Å². The zero-order valence-corrected chi connectivity index (χ0v) is 7.66. The highest BCUT2D eigenvalue weighted by Gasteiger charge is 2.27. The minimum Gasteiger partial charge on any atom is -0.396 e. The second-order valence-electron chi connectivity index (χ2n) is 3.53. The first-order valence-corrected chi connectivity index (χ1v) is 4.17. The molecule has 0 radical (unpaired) electrons. The molecule has 1 fully saturated rings. The number of carbonyl (C=O) groups excluding carboxylic acids is 1. The molecular weight excluding hydrogens is 156 g/mol. The summed E-state index contributed by atoms with van der Waals surface area (Å²) in [6, 6.07) is 0. The van der Waals surface area contributed by atoms with Gasteiger partial charge in [-0.15, -0.1) is 0 Å². The molecule has 1 aliphatic heterocycles. The molecule has 1 aliphatic rings. The Bertz CT molecular complexity index is 164. The van der Waals surface area contributed by atoms with Crippen molar-refractivity contribution >= 4 is 5.91 Å². The maximum atomic E-state index is 11.2. The zero-order chi connectivity index (χ0) is 9.14. The van der Waals surface area contributed by atoms with E-state index in [1.807, 2.05) is 4.90 Å². The molecule has 12 heavy (non-hydrogen) atoms. The maximum Gasteiger partial charge on any atom is 0.236 e. The number of amides is 1. The smallest absolute Gasteiger partial charge is 0.236 e. The number of likely N-dealkylation sites (tertiary alicyclic amines) is 1. The van der Waals surface area contributed by atoms with Gasteiger partial charge in [0.15, 0.2) is 0 Å².